The van der Waals surface area contributed by atoms with E-state index >= 15 is 0 Å². The molecule has 0 aliphatic carbocycles. The highest BCUT2D eigenvalue weighted by atomic mass is 16.5. The molecule has 1 fully saturated rings. The van der Waals surface area contributed by atoms with E-state index in [-0.39, 0.29) is 0 Å². The summed E-state index contributed by atoms with van der Waals surface area (Å²) in [5, 5.41) is 3.42. The van der Waals surface area contributed by atoms with Crippen molar-refractivity contribution in [1.82, 2.24) is 15.0 Å². The molecule has 2 aromatic heterocycles. The summed E-state index contributed by atoms with van der Waals surface area (Å²) in [5.41, 5.74) is 5.07. The van der Waals surface area contributed by atoms with Gasteiger partial charge < -0.3 is 10.1 Å². The molecule has 0 bridgehead atoms. The quantitative estimate of drug-likeness (QED) is 0.936. The Labute approximate surface area is 141 Å². The number of ether oxygens (including phenoxy) is 1. The van der Waals surface area contributed by atoms with Gasteiger partial charge in [0.25, 0.3) is 0 Å². The minimum Gasteiger partial charge on any atom is -0.381 e. The minimum absolute atomic E-state index is 0.308. The second-order valence-electron chi connectivity index (χ2n) is 6.55. The van der Waals surface area contributed by atoms with Crippen molar-refractivity contribution in [2.24, 2.45) is 4.99 Å². The Balaban J connectivity index is 1.72. The molecule has 2 aliphatic rings. The van der Waals surface area contributed by atoms with Gasteiger partial charge in [0.1, 0.15) is 12.1 Å². The van der Waals surface area contributed by atoms with Gasteiger partial charge in [-0.15, -0.1) is 0 Å². The van der Waals surface area contributed by atoms with Gasteiger partial charge >= 0.3 is 0 Å². The molecule has 0 saturated carbocycles. The predicted molar refractivity (Wildman–Crippen MR) is 92.5 cm³/mol. The lowest BCUT2D eigenvalue weighted by molar-refractivity contribution is 0.193. The lowest BCUT2D eigenvalue weighted by atomic mass is 10.0. The number of hydrogen-bond donors (Lipinski definition) is 1. The van der Waals surface area contributed by atoms with Gasteiger partial charge in [0.05, 0.1) is 24.6 Å². The second kappa shape index (κ2) is 6.28. The molecule has 6 heteroatoms. The summed E-state index contributed by atoms with van der Waals surface area (Å²) < 4.78 is 5.49. The molecule has 4 heterocycles. The zero-order valence-electron chi connectivity index (χ0n) is 14.0. The summed E-state index contributed by atoms with van der Waals surface area (Å²) in [6, 6.07) is 4.39. The van der Waals surface area contributed by atoms with Crippen LogP contribution < -0.4 is 5.32 Å². The van der Waals surface area contributed by atoms with Crippen LogP contribution in [-0.2, 0) is 11.3 Å². The molecule has 0 aromatic carbocycles. The van der Waals surface area contributed by atoms with E-state index in [1.165, 1.54) is 5.56 Å². The van der Waals surface area contributed by atoms with Crippen molar-refractivity contribution in [2.75, 3.05) is 18.5 Å². The van der Waals surface area contributed by atoms with Crippen LogP contribution in [0.5, 0.6) is 0 Å². The van der Waals surface area contributed by atoms with E-state index in [1.807, 2.05) is 12.3 Å². The van der Waals surface area contributed by atoms with Crippen molar-refractivity contribution >= 4 is 11.5 Å². The van der Waals surface area contributed by atoms with Gasteiger partial charge in [0.2, 0.25) is 0 Å². The van der Waals surface area contributed by atoms with E-state index in [4.69, 9.17) is 9.73 Å². The van der Waals surface area contributed by atoms with Gasteiger partial charge in [0.15, 0.2) is 0 Å². The number of nitrogens with one attached hydrogen (secondary N) is 1. The van der Waals surface area contributed by atoms with Crippen LogP contribution in [0, 0.1) is 0 Å². The van der Waals surface area contributed by atoms with E-state index in [2.05, 4.69) is 40.2 Å². The first-order valence-corrected chi connectivity index (χ1v) is 8.41. The first-order valence-electron chi connectivity index (χ1n) is 8.41. The highest BCUT2D eigenvalue weighted by Gasteiger charge is 2.25. The Morgan fingerprint density at radius 2 is 2.17 bits per heavy atom. The van der Waals surface area contributed by atoms with Crippen molar-refractivity contribution in [3.8, 4) is 0 Å². The molecule has 0 amide bonds. The fourth-order valence-corrected chi connectivity index (χ4v) is 3.23. The average Bonchev–Trinajstić information content (AvgIpc) is 3.25. The summed E-state index contributed by atoms with van der Waals surface area (Å²) in [4.78, 5) is 18.2. The van der Waals surface area contributed by atoms with Gasteiger partial charge in [-0.05, 0) is 38.0 Å². The topological polar surface area (TPSA) is 72.3 Å². The van der Waals surface area contributed by atoms with Gasteiger partial charge in [0, 0.05) is 36.0 Å². The average molecular weight is 323 g/mol. The molecule has 2 aliphatic heterocycles. The summed E-state index contributed by atoms with van der Waals surface area (Å²) in [7, 11) is 0. The number of hydrogen-bond acceptors (Lipinski definition) is 6. The van der Waals surface area contributed by atoms with Gasteiger partial charge in [-0.1, -0.05) is 0 Å². The van der Waals surface area contributed by atoms with Crippen LogP contribution in [0.2, 0.25) is 0 Å². The third-order valence-corrected chi connectivity index (χ3v) is 4.39. The third kappa shape index (κ3) is 2.78. The molecule has 2 aromatic rings. The van der Waals surface area contributed by atoms with Crippen molar-refractivity contribution in [2.45, 2.75) is 38.8 Å². The first kappa shape index (κ1) is 15.2. The first-order chi connectivity index (χ1) is 11.7. The van der Waals surface area contributed by atoms with Gasteiger partial charge in [-0.25, -0.2) is 15.0 Å². The largest absolute Gasteiger partial charge is 0.381 e. The molecule has 0 radical (unpaired) electrons. The standard InChI is InChI=1S/C18H21N5O/c1-11(2)23-18-16-12(3-5-19-18)8-20-17(16)15-7-14(21-10-22-15)13-4-6-24-9-13/h3,5,7,10-11,13H,4,6,8-9H2,1-2H3,(H,19,23). The zero-order chi connectivity index (χ0) is 16.5. The highest BCUT2D eigenvalue weighted by molar-refractivity contribution is 6.16. The number of fused-ring (bicyclic) bond motifs is 1. The lowest BCUT2D eigenvalue weighted by Gasteiger charge is -2.14. The number of anilines is 1. The number of nitrogens with zero attached hydrogens (tertiary/aromatic N) is 4. The van der Waals surface area contributed by atoms with E-state index in [9.17, 15) is 0 Å². The van der Waals surface area contributed by atoms with Crippen LogP contribution in [0.1, 0.15) is 48.7 Å². The van der Waals surface area contributed by atoms with E-state index in [0.717, 1.165) is 48.1 Å². The van der Waals surface area contributed by atoms with E-state index in [0.29, 0.717) is 18.5 Å². The third-order valence-electron chi connectivity index (χ3n) is 4.39. The second-order valence-corrected chi connectivity index (χ2v) is 6.55. The molecule has 6 nitrogen and oxygen atoms in total. The monoisotopic (exact) mass is 323 g/mol. The Morgan fingerprint density at radius 3 is 2.96 bits per heavy atom. The molecule has 1 saturated heterocycles. The van der Waals surface area contributed by atoms with Crippen molar-refractivity contribution in [3.05, 3.63) is 47.2 Å². The summed E-state index contributed by atoms with van der Waals surface area (Å²) >= 11 is 0. The van der Waals surface area contributed by atoms with Crippen LogP contribution in [0.25, 0.3) is 0 Å². The number of aliphatic imine (C=N–C) groups is 1. The Kier molecular flexibility index (Phi) is 3.98. The van der Waals surface area contributed by atoms with E-state index < -0.39 is 0 Å². The van der Waals surface area contributed by atoms with Crippen molar-refractivity contribution < 1.29 is 4.74 Å². The maximum Gasteiger partial charge on any atom is 0.136 e. The molecule has 1 N–H and O–H groups in total. The van der Waals surface area contributed by atoms with Crippen molar-refractivity contribution in [1.29, 1.82) is 0 Å². The Hall–Kier alpha value is -2.34. The maximum absolute atomic E-state index is 5.49. The molecule has 1 unspecified atom stereocenters. The Bertz CT molecular complexity index is 781. The van der Waals surface area contributed by atoms with Crippen LogP contribution in [0.15, 0.2) is 29.6 Å². The molecule has 4 rings (SSSR count). The predicted octanol–water partition coefficient (Wildman–Crippen LogP) is 2.55. The number of aromatic nitrogens is 3. The normalized spacial score (nSPS) is 19.5. The summed E-state index contributed by atoms with van der Waals surface area (Å²) in [6.45, 7) is 6.43. The molecule has 24 heavy (non-hydrogen) atoms. The van der Waals surface area contributed by atoms with Crippen molar-refractivity contribution in [3.63, 3.8) is 0 Å². The minimum atomic E-state index is 0.308. The van der Waals surface area contributed by atoms with Gasteiger partial charge in [-0.3, -0.25) is 4.99 Å². The van der Waals surface area contributed by atoms with E-state index in [1.54, 1.807) is 6.33 Å². The smallest absolute Gasteiger partial charge is 0.136 e. The molecule has 0 spiro atoms. The molecular weight excluding hydrogens is 302 g/mol. The Morgan fingerprint density at radius 1 is 1.25 bits per heavy atom. The van der Waals surface area contributed by atoms with Gasteiger partial charge in [-0.2, -0.15) is 0 Å². The van der Waals surface area contributed by atoms with Crippen LogP contribution in [0.4, 0.5) is 5.82 Å². The molecular formula is C18H21N5O. The fraction of sp³-hybridized carbons (Fsp3) is 0.444. The SMILES string of the molecule is CC(C)Nc1nccc2c1C(c1cc(C3CCOC3)ncn1)=NC2. The van der Waals surface area contributed by atoms with Crippen LogP contribution >= 0.6 is 0 Å². The summed E-state index contributed by atoms with van der Waals surface area (Å²) in [6.07, 6.45) is 4.49. The van der Waals surface area contributed by atoms with Crippen LogP contribution in [-0.4, -0.2) is 39.9 Å². The zero-order valence-corrected chi connectivity index (χ0v) is 14.0. The fourth-order valence-electron chi connectivity index (χ4n) is 3.23. The number of rotatable bonds is 4. The lowest BCUT2D eigenvalue weighted by Crippen LogP contribution is -2.16. The highest BCUT2D eigenvalue weighted by Crippen LogP contribution is 2.29. The van der Waals surface area contributed by atoms with Crippen LogP contribution in [0.3, 0.4) is 0 Å². The summed E-state index contributed by atoms with van der Waals surface area (Å²) in [5.74, 6) is 1.23. The maximum atomic E-state index is 5.49. The molecule has 1 atom stereocenters. The number of pyridine rings is 1. The molecule has 124 valence electrons.